The molecule has 0 amide bonds. The number of aliphatic hydroxyl groups is 2. The van der Waals surface area contributed by atoms with E-state index in [1.165, 1.54) is 0 Å². The first-order valence-electron chi connectivity index (χ1n) is 4.60. The summed E-state index contributed by atoms with van der Waals surface area (Å²) in [6.07, 6.45) is -1.09. The molecular weight excluding hydrogens is 168 g/mol. The van der Waals surface area contributed by atoms with E-state index in [1.807, 2.05) is 13.8 Å². The Morgan fingerprint density at radius 1 is 1.08 bits per heavy atom. The monoisotopic (exact) mass is 190 g/mol. The molecule has 2 atom stereocenters. The Balaban J connectivity index is 3.95. The molecule has 0 saturated carbocycles. The van der Waals surface area contributed by atoms with Gasteiger partial charge >= 0.3 is 0 Å². The van der Waals surface area contributed by atoms with E-state index in [2.05, 4.69) is 19.6 Å². The first-order chi connectivity index (χ1) is 5.24. The van der Waals surface area contributed by atoms with Crippen LogP contribution in [0.15, 0.2) is 0 Å². The minimum atomic E-state index is -1.24. The Hall–Kier alpha value is 0.137. The first kappa shape index (κ1) is 12.1. The number of aliphatic hydroxyl groups excluding tert-OH is 2. The fraction of sp³-hybridized carbons (Fsp3) is 1.00. The average molecular weight is 190 g/mol. The lowest BCUT2D eigenvalue weighted by atomic mass is 10.0. The van der Waals surface area contributed by atoms with Gasteiger partial charge in [-0.2, -0.15) is 0 Å². The molecule has 0 aromatic heterocycles. The summed E-state index contributed by atoms with van der Waals surface area (Å²) in [6.45, 7) is 10.5. The fourth-order valence-corrected chi connectivity index (χ4v) is 2.69. The molecule has 0 unspecified atom stereocenters. The lowest BCUT2D eigenvalue weighted by Crippen LogP contribution is -2.37. The summed E-state index contributed by atoms with van der Waals surface area (Å²) in [7, 11) is -1.24. The standard InChI is InChI=1S/C9H22O2Si/c1-7(2)9(11)8(10)6-12(3,4)5/h7-11H,6H2,1-5H3/t8-,9-/m0/s1. The van der Waals surface area contributed by atoms with Crippen molar-refractivity contribution in [2.24, 2.45) is 5.92 Å². The second-order valence-corrected chi connectivity index (χ2v) is 10.6. The van der Waals surface area contributed by atoms with Crippen molar-refractivity contribution >= 4 is 8.07 Å². The van der Waals surface area contributed by atoms with Gasteiger partial charge in [0.2, 0.25) is 0 Å². The molecule has 0 aliphatic rings. The summed E-state index contributed by atoms with van der Waals surface area (Å²) < 4.78 is 0. The summed E-state index contributed by atoms with van der Waals surface area (Å²) in [4.78, 5) is 0. The van der Waals surface area contributed by atoms with Gasteiger partial charge in [-0.25, -0.2) is 0 Å². The molecule has 0 aromatic rings. The van der Waals surface area contributed by atoms with Gasteiger partial charge in [-0.1, -0.05) is 33.5 Å². The quantitative estimate of drug-likeness (QED) is 0.663. The Kier molecular flexibility index (Phi) is 4.44. The third kappa shape index (κ3) is 4.90. The second kappa shape index (κ2) is 4.39. The van der Waals surface area contributed by atoms with Gasteiger partial charge in [0.15, 0.2) is 0 Å². The molecular formula is C9H22O2Si. The van der Waals surface area contributed by atoms with Crippen LogP contribution in [-0.4, -0.2) is 30.5 Å². The maximum atomic E-state index is 9.61. The molecule has 0 bridgehead atoms. The topological polar surface area (TPSA) is 40.5 Å². The molecule has 2 nitrogen and oxygen atoms in total. The van der Waals surface area contributed by atoms with E-state index in [1.54, 1.807) is 0 Å². The van der Waals surface area contributed by atoms with Crippen molar-refractivity contribution < 1.29 is 10.2 Å². The van der Waals surface area contributed by atoms with Crippen molar-refractivity contribution in [3.8, 4) is 0 Å². The lowest BCUT2D eigenvalue weighted by molar-refractivity contribution is 0.00209. The fourth-order valence-electron chi connectivity index (χ4n) is 1.19. The molecule has 12 heavy (non-hydrogen) atoms. The van der Waals surface area contributed by atoms with Crippen molar-refractivity contribution in [1.29, 1.82) is 0 Å². The molecule has 0 heterocycles. The van der Waals surface area contributed by atoms with Crippen LogP contribution in [0.25, 0.3) is 0 Å². The maximum absolute atomic E-state index is 9.61. The van der Waals surface area contributed by atoms with E-state index >= 15 is 0 Å². The number of rotatable bonds is 4. The van der Waals surface area contributed by atoms with Crippen LogP contribution in [0.4, 0.5) is 0 Å². The highest BCUT2D eigenvalue weighted by Gasteiger charge is 2.25. The Morgan fingerprint density at radius 2 is 1.50 bits per heavy atom. The molecule has 0 saturated heterocycles. The summed E-state index contributed by atoms with van der Waals surface area (Å²) in [5.41, 5.74) is 0. The largest absolute Gasteiger partial charge is 0.391 e. The van der Waals surface area contributed by atoms with Gasteiger partial charge < -0.3 is 10.2 Å². The van der Waals surface area contributed by atoms with Gasteiger partial charge in [0, 0.05) is 8.07 Å². The Morgan fingerprint density at radius 3 is 1.75 bits per heavy atom. The number of hydrogen-bond acceptors (Lipinski definition) is 2. The minimum Gasteiger partial charge on any atom is -0.391 e. The van der Waals surface area contributed by atoms with Crippen LogP contribution in [0.5, 0.6) is 0 Å². The van der Waals surface area contributed by atoms with Crippen LogP contribution in [0.2, 0.25) is 25.7 Å². The predicted octanol–water partition coefficient (Wildman–Crippen LogP) is 1.70. The lowest BCUT2D eigenvalue weighted by Gasteiger charge is -2.26. The van der Waals surface area contributed by atoms with Crippen LogP contribution >= 0.6 is 0 Å². The maximum Gasteiger partial charge on any atom is 0.0819 e. The molecule has 74 valence electrons. The van der Waals surface area contributed by atoms with E-state index in [9.17, 15) is 10.2 Å². The van der Waals surface area contributed by atoms with Crippen molar-refractivity contribution in [3.63, 3.8) is 0 Å². The highest BCUT2D eigenvalue weighted by Crippen LogP contribution is 2.17. The third-order valence-electron chi connectivity index (χ3n) is 1.90. The second-order valence-electron chi connectivity index (χ2n) is 5.07. The van der Waals surface area contributed by atoms with Gasteiger partial charge in [0.25, 0.3) is 0 Å². The van der Waals surface area contributed by atoms with Crippen molar-refractivity contribution in [2.45, 2.75) is 51.7 Å². The zero-order valence-corrected chi connectivity index (χ0v) is 9.83. The summed E-state index contributed by atoms with van der Waals surface area (Å²) in [6, 6.07) is 0.784. The normalized spacial score (nSPS) is 18.0. The third-order valence-corrected chi connectivity index (χ3v) is 3.54. The van der Waals surface area contributed by atoms with Gasteiger partial charge in [0.1, 0.15) is 0 Å². The van der Waals surface area contributed by atoms with Crippen molar-refractivity contribution in [2.75, 3.05) is 0 Å². The smallest absolute Gasteiger partial charge is 0.0819 e. The zero-order valence-electron chi connectivity index (χ0n) is 8.83. The van der Waals surface area contributed by atoms with E-state index in [0.29, 0.717) is 0 Å². The molecule has 0 spiro atoms. The van der Waals surface area contributed by atoms with Crippen molar-refractivity contribution in [1.82, 2.24) is 0 Å². The van der Waals surface area contributed by atoms with Crippen molar-refractivity contribution in [3.05, 3.63) is 0 Å². The van der Waals surface area contributed by atoms with Crippen LogP contribution in [0.1, 0.15) is 13.8 Å². The van der Waals surface area contributed by atoms with E-state index in [0.717, 1.165) is 6.04 Å². The van der Waals surface area contributed by atoms with Gasteiger partial charge in [-0.05, 0) is 12.0 Å². The van der Waals surface area contributed by atoms with Gasteiger partial charge in [-0.15, -0.1) is 0 Å². The molecule has 0 fully saturated rings. The van der Waals surface area contributed by atoms with E-state index in [-0.39, 0.29) is 5.92 Å². The molecule has 2 N–H and O–H groups in total. The molecule has 0 aliphatic carbocycles. The predicted molar refractivity (Wildman–Crippen MR) is 55.0 cm³/mol. The summed E-state index contributed by atoms with van der Waals surface area (Å²) >= 11 is 0. The number of hydrogen-bond donors (Lipinski definition) is 2. The van der Waals surface area contributed by atoms with Crippen LogP contribution in [0, 0.1) is 5.92 Å². The highest BCUT2D eigenvalue weighted by atomic mass is 28.3. The molecule has 0 rings (SSSR count). The van der Waals surface area contributed by atoms with E-state index in [4.69, 9.17) is 0 Å². The molecule has 3 heteroatoms. The first-order valence-corrected chi connectivity index (χ1v) is 8.31. The zero-order chi connectivity index (χ0) is 9.94. The Bertz CT molecular complexity index is 129. The molecule has 0 aromatic carbocycles. The van der Waals surface area contributed by atoms with E-state index < -0.39 is 20.3 Å². The van der Waals surface area contributed by atoms with Crippen LogP contribution in [-0.2, 0) is 0 Å². The van der Waals surface area contributed by atoms with Gasteiger partial charge in [-0.3, -0.25) is 0 Å². The van der Waals surface area contributed by atoms with Crippen LogP contribution in [0.3, 0.4) is 0 Å². The van der Waals surface area contributed by atoms with Crippen LogP contribution < -0.4 is 0 Å². The van der Waals surface area contributed by atoms with Gasteiger partial charge in [0.05, 0.1) is 12.2 Å². The summed E-state index contributed by atoms with van der Waals surface area (Å²) in [5.74, 6) is 0.149. The average Bonchev–Trinajstić information content (AvgIpc) is 1.82. The minimum absolute atomic E-state index is 0.149. The molecule has 0 radical (unpaired) electrons. The Labute approximate surface area is 76.6 Å². The highest BCUT2D eigenvalue weighted by molar-refractivity contribution is 6.76. The SMILES string of the molecule is CC(C)[C@H](O)[C@@H](O)C[Si](C)(C)C. The summed E-state index contributed by atoms with van der Waals surface area (Å²) in [5, 5.41) is 19.1. The molecule has 0 aliphatic heterocycles.